The van der Waals surface area contributed by atoms with E-state index in [0.29, 0.717) is 12.0 Å². The van der Waals surface area contributed by atoms with E-state index in [4.69, 9.17) is 4.74 Å². The summed E-state index contributed by atoms with van der Waals surface area (Å²) in [5.74, 6) is -5.31. The quantitative estimate of drug-likeness (QED) is 0.294. The molecule has 2 aromatic carbocycles. The van der Waals surface area contributed by atoms with Gasteiger partial charge in [-0.1, -0.05) is 44.2 Å². The fraction of sp³-hybridized carbons (Fsp3) is 0.486. The number of carbonyl (C=O) groups excluding carboxylic acids is 3. The van der Waals surface area contributed by atoms with Gasteiger partial charge in [0.1, 0.15) is 10.8 Å². The second-order valence-corrected chi connectivity index (χ2v) is 14.3. The van der Waals surface area contributed by atoms with Crippen molar-refractivity contribution in [3.05, 3.63) is 65.6 Å². The van der Waals surface area contributed by atoms with Gasteiger partial charge >= 0.3 is 0 Å². The first kappa shape index (κ1) is 35.0. The number of amides is 3. The lowest BCUT2D eigenvalue weighted by atomic mass is 10.1. The van der Waals surface area contributed by atoms with Crippen LogP contribution in [0.15, 0.2) is 48.7 Å². The summed E-state index contributed by atoms with van der Waals surface area (Å²) in [6, 6.07) is 10.7. The van der Waals surface area contributed by atoms with E-state index in [1.807, 2.05) is 12.1 Å². The predicted molar refractivity (Wildman–Crippen MR) is 180 cm³/mol. The molecular formula is C35H41F3N6O4S. The summed E-state index contributed by atoms with van der Waals surface area (Å²) in [5, 5.41) is 8.87. The van der Waals surface area contributed by atoms with E-state index >= 15 is 4.39 Å². The summed E-state index contributed by atoms with van der Waals surface area (Å²) in [6.45, 7) is 7.37. The monoisotopic (exact) mass is 698 g/mol. The van der Waals surface area contributed by atoms with Gasteiger partial charge in [-0.05, 0) is 29.7 Å². The first-order chi connectivity index (χ1) is 23.5. The maximum atomic E-state index is 15.3. The Hall–Kier alpha value is -3.85. The van der Waals surface area contributed by atoms with Crippen LogP contribution in [0.1, 0.15) is 42.6 Å². The number of hydrogen-bond donors (Lipinski definition) is 3. The Morgan fingerprint density at radius 2 is 1.84 bits per heavy atom. The van der Waals surface area contributed by atoms with Crippen molar-refractivity contribution in [3.8, 4) is 21.0 Å². The van der Waals surface area contributed by atoms with Gasteiger partial charge in [0.25, 0.3) is 11.8 Å². The molecule has 4 heterocycles. The van der Waals surface area contributed by atoms with Crippen LogP contribution in [0.4, 0.5) is 13.2 Å². The zero-order valence-electron chi connectivity index (χ0n) is 27.5. The fourth-order valence-corrected chi connectivity index (χ4v) is 7.41. The molecule has 3 atom stereocenters. The highest BCUT2D eigenvalue weighted by atomic mass is 32.1. The average Bonchev–Trinajstić information content (AvgIpc) is 3.82. The molecule has 49 heavy (non-hydrogen) atoms. The summed E-state index contributed by atoms with van der Waals surface area (Å²) in [6.07, 6.45) is 1.43. The van der Waals surface area contributed by atoms with Gasteiger partial charge in [-0.25, -0.2) is 18.2 Å². The second kappa shape index (κ2) is 15.0. The van der Waals surface area contributed by atoms with Crippen molar-refractivity contribution in [2.75, 3.05) is 45.9 Å². The number of halogens is 3. The number of hydrogen-bond acceptors (Lipinski definition) is 8. The normalized spacial score (nSPS) is 22.4. The molecule has 3 aromatic rings. The second-order valence-electron chi connectivity index (χ2n) is 13.3. The van der Waals surface area contributed by atoms with E-state index in [0.717, 1.165) is 48.3 Å². The number of rotatable bonds is 10. The molecule has 3 aliphatic heterocycles. The number of ether oxygens (including phenoxy) is 1. The highest BCUT2D eigenvalue weighted by Gasteiger charge is 2.44. The molecule has 6 rings (SSSR count). The average molecular weight is 699 g/mol. The van der Waals surface area contributed by atoms with E-state index in [9.17, 15) is 23.2 Å². The number of benzene rings is 2. The van der Waals surface area contributed by atoms with Crippen molar-refractivity contribution >= 4 is 29.1 Å². The SMILES string of the molecule is CC(C)C(=O)N1C[C@H](NC(=O)[C@@H]2CC(F)(F)CN2)C[C@@H]1CNC(=O)c1ccc(-c2cnc(-c3ccc(CN4CCOCC4)cc3)s2)cc1F. The van der Waals surface area contributed by atoms with Crippen molar-refractivity contribution in [3.63, 3.8) is 0 Å². The molecule has 0 spiro atoms. The molecule has 3 N–H and O–H groups in total. The summed E-state index contributed by atoms with van der Waals surface area (Å²) in [7, 11) is 0. The molecule has 0 saturated carbocycles. The highest BCUT2D eigenvalue weighted by molar-refractivity contribution is 7.18. The topological polar surface area (TPSA) is 116 Å². The standard InChI is InChI=1S/C35H41F3N6O4S/c1-21(2)34(47)44-19-25(42-32(46)29-15-35(37,38)20-41-29)14-26(44)16-39-31(45)27-8-7-24(13-28(27)36)30-17-40-33(49-30)23-5-3-22(4-6-23)18-43-9-11-48-12-10-43/h3-8,13,17,21,25-26,29,41H,9-12,14-16,18-20H2,1-2H3,(H,39,45)(H,42,46)/t25-,26-,29+/m1/s1. The lowest BCUT2D eigenvalue weighted by molar-refractivity contribution is -0.135. The Morgan fingerprint density at radius 1 is 1.10 bits per heavy atom. The highest BCUT2D eigenvalue weighted by Crippen LogP contribution is 2.33. The lowest BCUT2D eigenvalue weighted by Gasteiger charge is -2.26. The first-order valence-corrected chi connectivity index (χ1v) is 17.4. The molecule has 1 aromatic heterocycles. The Labute approximate surface area is 287 Å². The summed E-state index contributed by atoms with van der Waals surface area (Å²) >= 11 is 1.43. The molecule has 262 valence electrons. The van der Waals surface area contributed by atoms with Crippen LogP contribution in [-0.2, 0) is 20.9 Å². The van der Waals surface area contributed by atoms with Crippen LogP contribution in [0.5, 0.6) is 0 Å². The lowest BCUT2D eigenvalue weighted by Crippen LogP contribution is -2.47. The molecule has 0 aliphatic carbocycles. The van der Waals surface area contributed by atoms with Crippen LogP contribution >= 0.6 is 11.3 Å². The van der Waals surface area contributed by atoms with Crippen molar-refractivity contribution in [1.29, 1.82) is 0 Å². The Morgan fingerprint density at radius 3 is 2.51 bits per heavy atom. The van der Waals surface area contributed by atoms with Crippen molar-refractivity contribution in [2.45, 2.75) is 57.3 Å². The van der Waals surface area contributed by atoms with E-state index in [-0.39, 0.29) is 30.5 Å². The van der Waals surface area contributed by atoms with Gasteiger partial charge in [0, 0.05) is 62.9 Å². The maximum Gasteiger partial charge on any atom is 0.262 e. The van der Waals surface area contributed by atoms with Crippen LogP contribution < -0.4 is 16.0 Å². The number of thiazole rings is 1. The predicted octanol–water partition coefficient (Wildman–Crippen LogP) is 3.92. The summed E-state index contributed by atoms with van der Waals surface area (Å²) in [5.41, 5.74) is 2.64. The molecule has 10 nitrogen and oxygen atoms in total. The maximum absolute atomic E-state index is 15.3. The van der Waals surface area contributed by atoms with Gasteiger partial charge in [-0.3, -0.25) is 24.6 Å². The molecule has 0 radical (unpaired) electrons. The van der Waals surface area contributed by atoms with Gasteiger partial charge in [0.15, 0.2) is 0 Å². The third kappa shape index (κ3) is 8.48. The minimum absolute atomic E-state index is 0.0358. The van der Waals surface area contributed by atoms with E-state index in [1.54, 1.807) is 31.0 Å². The molecule has 0 bridgehead atoms. The van der Waals surface area contributed by atoms with Gasteiger partial charge in [0.05, 0.1) is 42.3 Å². The number of nitrogens with zero attached hydrogens (tertiary/aromatic N) is 3. The van der Waals surface area contributed by atoms with Crippen molar-refractivity contribution in [1.82, 2.24) is 30.7 Å². The Kier molecular flexibility index (Phi) is 10.7. The molecule has 3 aliphatic rings. The molecular weight excluding hydrogens is 657 g/mol. The molecule has 3 amide bonds. The number of nitrogens with one attached hydrogen (secondary N) is 3. The molecule has 14 heteroatoms. The van der Waals surface area contributed by atoms with Crippen LogP contribution in [-0.4, -0.2) is 102 Å². The van der Waals surface area contributed by atoms with Crippen molar-refractivity contribution in [2.24, 2.45) is 5.92 Å². The molecule has 3 saturated heterocycles. The van der Waals surface area contributed by atoms with Gasteiger partial charge in [-0.15, -0.1) is 11.3 Å². The largest absolute Gasteiger partial charge is 0.379 e. The summed E-state index contributed by atoms with van der Waals surface area (Å²) < 4.78 is 47.9. The van der Waals surface area contributed by atoms with Crippen LogP contribution in [0.2, 0.25) is 0 Å². The van der Waals surface area contributed by atoms with Crippen LogP contribution in [0, 0.1) is 11.7 Å². The molecule has 0 unspecified atom stereocenters. The number of aromatic nitrogens is 1. The fourth-order valence-electron chi connectivity index (χ4n) is 6.49. The molecule has 3 fully saturated rings. The number of alkyl halides is 2. The van der Waals surface area contributed by atoms with Gasteiger partial charge in [-0.2, -0.15) is 0 Å². The Balaban J connectivity index is 1.05. The third-order valence-electron chi connectivity index (χ3n) is 9.18. The minimum Gasteiger partial charge on any atom is -0.379 e. The van der Waals surface area contributed by atoms with E-state index in [1.165, 1.54) is 29.0 Å². The number of carbonyl (C=O) groups is 3. The first-order valence-electron chi connectivity index (χ1n) is 16.6. The smallest absolute Gasteiger partial charge is 0.262 e. The van der Waals surface area contributed by atoms with Gasteiger partial charge < -0.3 is 20.3 Å². The number of morpholine rings is 1. The summed E-state index contributed by atoms with van der Waals surface area (Å²) in [4.78, 5) is 48.0. The zero-order valence-corrected chi connectivity index (χ0v) is 28.3. The Bertz CT molecular complexity index is 1660. The zero-order chi connectivity index (χ0) is 34.7. The van der Waals surface area contributed by atoms with Gasteiger partial charge in [0.2, 0.25) is 11.8 Å². The van der Waals surface area contributed by atoms with Crippen LogP contribution in [0.25, 0.3) is 21.0 Å². The minimum atomic E-state index is -2.95. The third-order valence-corrected chi connectivity index (χ3v) is 10.3. The number of likely N-dealkylation sites (tertiary alicyclic amines) is 1. The van der Waals surface area contributed by atoms with Crippen LogP contribution in [0.3, 0.4) is 0 Å². The van der Waals surface area contributed by atoms with Crippen molar-refractivity contribution < 1.29 is 32.3 Å². The van der Waals surface area contributed by atoms with E-state index < -0.39 is 54.6 Å². The van der Waals surface area contributed by atoms with E-state index in [2.05, 4.69) is 38.0 Å².